The van der Waals surface area contributed by atoms with Crippen LogP contribution in [-0.4, -0.2) is 47.9 Å². The molecule has 1 saturated heterocycles. The van der Waals surface area contributed by atoms with E-state index in [2.05, 4.69) is 4.74 Å². The fourth-order valence-corrected chi connectivity index (χ4v) is 2.97. The molecule has 0 aliphatic carbocycles. The van der Waals surface area contributed by atoms with Crippen molar-refractivity contribution in [2.45, 2.75) is 32.9 Å². The lowest BCUT2D eigenvalue weighted by Gasteiger charge is -2.23. The molecule has 1 fully saturated rings. The molecule has 0 aromatic heterocycles. The number of hydrogen-bond donors (Lipinski definition) is 0. The number of likely N-dealkylation sites (tertiary alicyclic amines) is 1. The quantitative estimate of drug-likeness (QED) is 0.465. The molecule has 1 aromatic carbocycles. The van der Waals surface area contributed by atoms with Gasteiger partial charge in [-0.05, 0) is 32.9 Å². The van der Waals surface area contributed by atoms with Crippen molar-refractivity contribution in [3.63, 3.8) is 0 Å². The van der Waals surface area contributed by atoms with Crippen LogP contribution < -0.4 is 0 Å². The average Bonchev–Trinajstić information content (AvgIpc) is 2.84. The largest absolute Gasteiger partial charge is 0.468 e. The molecule has 1 aromatic rings. The molecule has 1 aliphatic heterocycles. The summed E-state index contributed by atoms with van der Waals surface area (Å²) in [4.78, 5) is 50.9. The number of methoxy groups -OCH3 is 1. The molecule has 3 atom stereocenters. The summed E-state index contributed by atoms with van der Waals surface area (Å²) in [5.74, 6) is -5.36. The maximum Gasteiger partial charge on any atom is 0.319 e. The van der Waals surface area contributed by atoms with Gasteiger partial charge in [0.2, 0.25) is 5.91 Å². The van der Waals surface area contributed by atoms with Crippen molar-refractivity contribution in [2.75, 3.05) is 7.11 Å². The van der Waals surface area contributed by atoms with E-state index in [1.807, 2.05) is 0 Å². The first kappa shape index (κ1) is 18.6. The van der Waals surface area contributed by atoms with Crippen LogP contribution in [0.1, 0.15) is 31.1 Å². The number of ether oxygens (including phenoxy) is 2. The second-order valence-electron chi connectivity index (χ2n) is 6.13. The number of imide groups is 1. The van der Waals surface area contributed by atoms with Gasteiger partial charge in [-0.1, -0.05) is 18.2 Å². The Morgan fingerprint density at radius 3 is 2.20 bits per heavy atom. The standard InChI is InChI=1S/C18H21NO6/c1-10(2)25-18(23)13-11(3)19(16(21)14(13)17(22)24-4)15(20)12-8-6-5-7-9-12/h5-11,13-14H,1-4H3/t11-,13-,14+/m0/s1. The summed E-state index contributed by atoms with van der Waals surface area (Å²) in [5.41, 5.74) is 0.296. The third-order valence-electron chi connectivity index (χ3n) is 4.11. The first-order valence-corrected chi connectivity index (χ1v) is 8.00. The molecule has 1 aliphatic rings. The highest BCUT2D eigenvalue weighted by Gasteiger charge is 2.56. The first-order valence-electron chi connectivity index (χ1n) is 8.00. The summed E-state index contributed by atoms with van der Waals surface area (Å²) in [7, 11) is 1.13. The minimum absolute atomic E-state index is 0.296. The van der Waals surface area contributed by atoms with Gasteiger partial charge in [0.1, 0.15) is 0 Å². The molecule has 2 rings (SSSR count). The van der Waals surface area contributed by atoms with E-state index in [0.717, 1.165) is 12.0 Å². The second-order valence-corrected chi connectivity index (χ2v) is 6.13. The minimum atomic E-state index is -1.39. The molecule has 7 heteroatoms. The van der Waals surface area contributed by atoms with Gasteiger partial charge in [0, 0.05) is 5.56 Å². The van der Waals surface area contributed by atoms with E-state index in [1.165, 1.54) is 0 Å². The van der Waals surface area contributed by atoms with Gasteiger partial charge in [0.05, 0.1) is 25.2 Å². The van der Waals surface area contributed by atoms with Gasteiger partial charge in [0.25, 0.3) is 5.91 Å². The maximum absolute atomic E-state index is 12.7. The van der Waals surface area contributed by atoms with Crippen LogP contribution in [0, 0.1) is 11.8 Å². The van der Waals surface area contributed by atoms with Gasteiger partial charge in [-0.25, -0.2) is 0 Å². The molecule has 25 heavy (non-hydrogen) atoms. The van der Waals surface area contributed by atoms with Crippen LogP contribution >= 0.6 is 0 Å². The Bertz CT molecular complexity index is 684. The van der Waals surface area contributed by atoms with E-state index in [-0.39, 0.29) is 0 Å². The SMILES string of the molecule is COC(=O)[C@H]1C(=O)N(C(=O)c2ccccc2)[C@@H](C)[C@@H]1C(=O)OC(C)C. The van der Waals surface area contributed by atoms with Crippen LogP contribution in [0.5, 0.6) is 0 Å². The summed E-state index contributed by atoms with van der Waals surface area (Å²) in [6.07, 6.45) is -0.410. The van der Waals surface area contributed by atoms with E-state index >= 15 is 0 Å². The van der Waals surface area contributed by atoms with E-state index in [0.29, 0.717) is 5.56 Å². The highest BCUT2D eigenvalue weighted by atomic mass is 16.5. The summed E-state index contributed by atoms with van der Waals surface area (Å²) < 4.78 is 9.84. The number of benzene rings is 1. The molecule has 0 unspecified atom stereocenters. The van der Waals surface area contributed by atoms with Gasteiger partial charge in [-0.2, -0.15) is 0 Å². The molecule has 134 valence electrons. The molecule has 7 nitrogen and oxygen atoms in total. The monoisotopic (exact) mass is 347 g/mol. The molecular weight excluding hydrogens is 326 g/mol. The molecular formula is C18H21NO6. The summed E-state index contributed by atoms with van der Waals surface area (Å²) >= 11 is 0. The van der Waals surface area contributed by atoms with Gasteiger partial charge in [-0.15, -0.1) is 0 Å². The normalized spacial score (nSPS) is 22.8. The minimum Gasteiger partial charge on any atom is -0.468 e. The van der Waals surface area contributed by atoms with Crippen LogP contribution in [-0.2, 0) is 23.9 Å². The van der Waals surface area contributed by atoms with Gasteiger partial charge < -0.3 is 9.47 Å². The van der Waals surface area contributed by atoms with Crippen LogP contribution in [0.3, 0.4) is 0 Å². The van der Waals surface area contributed by atoms with Gasteiger partial charge in [0.15, 0.2) is 5.92 Å². The summed E-state index contributed by atoms with van der Waals surface area (Å²) in [6.45, 7) is 4.88. The number of nitrogens with zero attached hydrogens (tertiary/aromatic N) is 1. The zero-order valence-corrected chi connectivity index (χ0v) is 14.6. The van der Waals surface area contributed by atoms with Crippen molar-refractivity contribution < 1.29 is 28.7 Å². The van der Waals surface area contributed by atoms with Crippen LogP contribution in [0.4, 0.5) is 0 Å². The fraction of sp³-hybridized carbons (Fsp3) is 0.444. The zero-order chi connectivity index (χ0) is 18.7. The predicted molar refractivity (Wildman–Crippen MR) is 87.3 cm³/mol. The third-order valence-corrected chi connectivity index (χ3v) is 4.11. The van der Waals surface area contributed by atoms with E-state index in [1.54, 1.807) is 51.1 Å². The molecule has 0 saturated carbocycles. The lowest BCUT2D eigenvalue weighted by Crippen LogP contribution is -2.40. The number of rotatable bonds is 4. The summed E-state index contributed by atoms with van der Waals surface area (Å²) in [5, 5.41) is 0. The number of esters is 2. The topological polar surface area (TPSA) is 90.0 Å². The molecule has 1 heterocycles. The van der Waals surface area contributed by atoms with Crippen molar-refractivity contribution in [2.24, 2.45) is 11.8 Å². The Morgan fingerprint density at radius 2 is 1.68 bits per heavy atom. The zero-order valence-electron chi connectivity index (χ0n) is 14.6. The average molecular weight is 347 g/mol. The Morgan fingerprint density at radius 1 is 1.08 bits per heavy atom. The second kappa shape index (κ2) is 7.46. The van der Waals surface area contributed by atoms with Crippen LogP contribution in [0.2, 0.25) is 0 Å². The van der Waals surface area contributed by atoms with Crippen molar-refractivity contribution in [3.8, 4) is 0 Å². The van der Waals surface area contributed by atoms with Gasteiger partial charge >= 0.3 is 11.9 Å². The molecule has 0 spiro atoms. The van der Waals surface area contributed by atoms with E-state index in [4.69, 9.17) is 4.74 Å². The van der Waals surface area contributed by atoms with Crippen molar-refractivity contribution in [1.82, 2.24) is 4.90 Å². The highest BCUT2D eigenvalue weighted by molar-refractivity contribution is 6.14. The summed E-state index contributed by atoms with van der Waals surface area (Å²) in [6, 6.07) is 7.38. The molecule has 2 amide bonds. The number of hydrogen-bond acceptors (Lipinski definition) is 6. The van der Waals surface area contributed by atoms with Crippen molar-refractivity contribution in [3.05, 3.63) is 35.9 Å². The molecule has 0 radical (unpaired) electrons. The predicted octanol–water partition coefficient (Wildman–Crippen LogP) is 1.41. The van der Waals surface area contributed by atoms with Crippen molar-refractivity contribution in [1.29, 1.82) is 0 Å². The number of carbonyl (C=O) groups is 4. The molecule has 0 bridgehead atoms. The van der Waals surface area contributed by atoms with Gasteiger partial charge in [-0.3, -0.25) is 24.1 Å². The van der Waals surface area contributed by atoms with E-state index in [9.17, 15) is 19.2 Å². The van der Waals surface area contributed by atoms with E-state index < -0.39 is 47.7 Å². The third kappa shape index (κ3) is 3.55. The highest BCUT2D eigenvalue weighted by Crippen LogP contribution is 2.34. The lowest BCUT2D eigenvalue weighted by molar-refractivity contribution is -0.162. The van der Waals surface area contributed by atoms with Crippen LogP contribution in [0.25, 0.3) is 0 Å². The van der Waals surface area contributed by atoms with Crippen molar-refractivity contribution >= 4 is 23.8 Å². The Balaban J connectivity index is 2.40. The Kier molecular flexibility index (Phi) is 5.56. The molecule has 0 N–H and O–H groups in total. The number of amides is 2. The number of carbonyl (C=O) groups excluding carboxylic acids is 4. The smallest absolute Gasteiger partial charge is 0.319 e. The Hall–Kier alpha value is -2.70. The Labute approximate surface area is 145 Å². The van der Waals surface area contributed by atoms with Crippen LogP contribution in [0.15, 0.2) is 30.3 Å². The fourth-order valence-electron chi connectivity index (χ4n) is 2.97. The lowest BCUT2D eigenvalue weighted by atomic mass is 9.91. The maximum atomic E-state index is 12.7. The first-order chi connectivity index (χ1) is 11.8.